The van der Waals surface area contributed by atoms with Crippen LogP contribution in [0, 0.1) is 5.92 Å². The van der Waals surface area contributed by atoms with Gasteiger partial charge in [-0.1, -0.05) is 18.2 Å². The third kappa shape index (κ3) is 4.64. The summed E-state index contributed by atoms with van der Waals surface area (Å²) in [6, 6.07) is 12.5. The van der Waals surface area contributed by atoms with Gasteiger partial charge in [-0.2, -0.15) is 0 Å². The number of hydrogen-bond acceptors (Lipinski definition) is 5. The number of carbonyl (C=O) groups excluding carboxylic acids is 1. The number of aromatic nitrogens is 1. The highest BCUT2D eigenvalue weighted by Gasteiger charge is 2.20. The number of carbonyl (C=O) groups is 1. The van der Waals surface area contributed by atoms with Crippen LogP contribution in [0.1, 0.15) is 28.1 Å². The van der Waals surface area contributed by atoms with Crippen molar-refractivity contribution >= 4 is 17.2 Å². The van der Waals surface area contributed by atoms with E-state index < -0.39 is 0 Å². The summed E-state index contributed by atoms with van der Waals surface area (Å²) in [5.41, 5.74) is 4.12. The van der Waals surface area contributed by atoms with Gasteiger partial charge in [-0.25, -0.2) is 0 Å². The van der Waals surface area contributed by atoms with Crippen LogP contribution in [-0.4, -0.2) is 35.4 Å². The number of rotatable bonds is 6. The van der Waals surface area contributed by atoms with Gasteiger partial charge in [-0.3, -0.25) is 14.7 Å². The summed E-state index contributed by atoms with van der Waals surface area (Å²) in [5, 5.41) is 3.04. The molecule has 2 aromatic heterocycles. The Morgan fingerprint density at radius 2 is 2.15 bits per heavy atom. The highest BCUT2D eigenvalue weighted by Crippen LogP contribution is 2.23. The summed E-state index contributed by atoms with van der Waals surface area (Å²) in [7, 11) is 0. The fraction of sp³-hybridized carbons (Fsp3) is 0.333. The summed E-state index contributed by atoms with van der Waals surface area (Å²) in [4.78, 5) is 19.2. The van der Waals surface area contributed by atoms with E-state index in [2.05, 4.69) is 39.5 Å². The molecule has 0 aliphatic carbocycles. The van der Waals surface area contributed by atoms with Crippen LogP contribution in [0.25, 0.3) is 11.3 Å². The Hall–Kier alpha value is -2.44. The zero-order valence-electron chi connectivity index (χ0n) is 15.1. The van der Waals surface area contributed by atoms with Gasteiger partial charge in [0, 0.05) is 18.7 Å². The second-order valence-corrected chi connectivity index (χ2v) is 7.86. The van der Waals surface area contributed by atoms with E-state index in [1.807, 2.05) is 12.1 Å². The van der Waals surface area contributed by atoms with Gasteiger partial charge < -0.3 is 9.73 Å². The van der Waals surface area contributed by atoms with Crippen molar-refractivity contribution in [1.82, 2.24) is 15.2 Å². The molecular formula is C21H23N3O2S. The maximum absolute atomic E-state index is 12.0. The first-order valence-electron chi connectivity index (χ1n) is 9.30. The maximum atomic E-state index is 12.0. The Labute approximate surface area is 163 Å². The van der Waals surface area contributed by atoms with Crippen molar-refractivity contribution in [2.45, 2.75) is 19.4 Å². The minimum Gasteiger partial charge on any atom is -0.464 e. The van der Waals surface area contributed by atoms with E-state index >= 15 is 0 Å². The summed E-state index contributed by atoms with van der Waals surface area (Å²) < 4.78 is 5.50. The number of thiazole rings is 1. The molecular weight excluding hydrogens is 358 g/mol. The predicted molar refractivity (Wildman–Crippen MR) is 107 cm³/mol. The number of piperidine rings is 1. The summed E-state index contributed by atoms with van der Waals surface area (Å²) in [6.07, 6.45) is 5.56. The molecule has 1 aromatic carbocycles. The minimum absolute atomic E-state index is 0.00493. The average Bonchev–Trinajstić information content (AvgIpc) is 3.41. The molecule has 27 heavy (non-hydrogen) atoms. The lowest BCUT2D eigenvalue weighted by atomic mass is 9.96. The molecule has 1 N–H and O–H groups in total. The lowest BCUT2D eigenvalue weighted by Gasteiger charge is -2.32. The van der Waals surface area contributed by atoms with E-state index in [0.29, 0.717) is 10.8 Å². The SMILES string of the molecule is O=C(NCC1CCN(Cc2cccc(-c3ccco3)c2)CC1)c1cncs1. The molecule has 1 saturated heterocycles. The monoisotopic (exact) mass is 381 g/mol. The molecule has 1 fully saturated rings. The number of hydrogen-bond donors (Lipinski definition) is 1. The van der Waals surface area contributed by atoms with Gasteiger partial charge >= 0.3 is 0 Å². The molecule has 1 amide bonds. The van der Waals surface area contributed by atoms with Gasteiger partial charge in [-0.15, -0.1) is 11.3 Å². The summed E-state index contributed by atoms with van der Waals surface area (Å²) in [5.74, 6) is 1.45. The van der Waals surface area contributed by atoms with E-state index in [9.17, 15) is 4.79 Å². The standard InChI is InChI=1S/C21H23N3O2S/c25-21(20-13-22-15-27-20)23-12-16-6-8-24(9-7-16)14-17-3-1-4-18(11-17)19-5-2-10-26-19/h1-5,10-11,13,15-16H,6-9,12,14H2,(H,23,25). The zero-order valence-corrected chi connectivity index (χ0v) is 16.0. The lowest BCUT2D eigenvalue weighted by molar-refractivity contribution is 0.0939. The van der Waals surface area contributed by atoms with Crippen LogP contribution in [0.4, 0.5) is 0 Å². The third-order valence-corrected chi connectivity index (χ3v) is 5.83. The Morgan fingerprint density at radius 1 is 1.26 bits per heavy atom. The van der Waals surface area contributed by atoms with Gasteiger partial charge in [0.1, 0.15) is 10.6 Å². The molecule has 4 rings (SSSR count). The fourth-order valence-electron chi connectivity index (χ4n) is 3.52. The molecule has 0 saturated carbocycles. The summed E-state index contributed by atoms with van der Waals surface area (Å²) >= 11 is 1.38. The molecule has 1 aliphatic rings. The van der Waals surface area contributed by atoms with Gasteiger partial charge in [-0.05, 0) is 55.6 Å². The topological polar surface area (TPSA) is 58.4 Å². The Bertz CT molecular complexity index is 853. The molecule has 0 spiro atoms. The number of benzene rings is 1. The molecule has 0 bridgehead atoms. The quantitative estimate of drug-likeness (QED) is 0.700. The minimum atomic E-state index is -0.00493. The lowest BCUT2D eigenvalue weighted by Crippen LogP contribution is -2.38. The molecule has 140 valence electrons. The van der Waals surface area contributed by atoms with Crippen LogP contribution in [0.2, 0.25) is 0 Å². The van der Waals surface area contributed by atoms with E-state index in [4.69, 9.17) is 4.42 Å². The van der Waals surface area contributed by atoms with Gasteiger partial charge in [0.2, 0.25) is 0 Å². The van der Waals surface area contributed by atoms with Crippen molar-refractivity contribution < 1.29 is 9.21 Å². The van der Waals surface area contributed by atoms with E-state index in [1.54, 1.807) is 18.0 Å². The first-order valence-corrected chi connectivity index (χ1v) is 10.2. The summed E-state index contributed by atoms with van der Waals surface area (Å²) in [6.45, 7) is 3.82. The zero-order chi connectivity index (χ0) is 18.5. The smallest absolute Gasteiger partial charge is 0.263 e. The molecule has 0 unspecified atom stereocenters. The first-order chi connectivity index (χ1) is 13.3. The van der Waals surface area contributed by atoms with Crippen molar-refractivity contribution in [1.29, 1.82) is 0 Å². The van der Waals surface area contributed by atoms with Gasteiger partial charge in [0.05, 0.1) is 18.0 Å². The van der Waals surface area contributed by atoms with Crippen molar-refractivity contribution in [3.8, 4) is 11.3 Å². The van der Waals surface area contributed by atoms with Crippen LogP contribution in [0.15, 0.2) is 58.8 Å². The molecule has 5 nitrogen and oxygen atoms in total. The maximum Gasteiger partial charge on any atom is 0.263 e. The largest absolute Gasteiger partial charge is 0.464 e. The van der Waals surface area contributed by atoms with E-state index in [-0.39, 0.29) is 5.91 Å². The second-order valence-electron chi connectivity index (χ2n) is 6.97. The van der Waals surface area contributed by atoms with Crippen molar-refractivity contribution in [2.75, 3.05) is 19.6 Å². The Kier molecular flexibility index (Phi) is 5.65. The number of furan rings is 1. The molecule has 0 radical (unpaired) electrons. The number of amides is 1. The van der Waals surface area contributed by atoms with E-state index in [1.165, 1.54) is 16.9 Å². The predicted octanol–water partition coefficient (Wildman–Crippen LogP) is 4.05. The van der Waals surface area contributed by atoms with Gasteiger partial charge in [0.15, 0.2) is 0 Å². The van der Waals surface area contributed by atoms with Crippen LogP contribution in [0.3, 0.4) is 0 Å². The Morgan fingerprint density at radius 3 is 2.89 bits per heavy atom. The highest BCUT2D eigenvalue weighted by molar-refractivity contribution is 7.11. The van der Waals surface area contributed by atoms with Crippen molar-refractivity contribution in [3.05, 3.63) is 64.8 Å². The number of nitrogens with one attached hydrogen (secondary N) is 1. The van der Waals surface area contributed by atoms with Gasteiger partial charge in [0.25, 0.3) is 5.91 Å². The number of nitrogens with zero attached hydrogens (tertiary/aromatic N) is 2. The highest BCUT2D eigenvalue weighted by atomic mass is 32.1. The van der Waals surface area contributed by atoms with Crippen LogP contribution in [-0.2, 0) is 6.54 Å². The molecule has 3 aromatic rings. The second kappa shape index (κ2) is 8.50. The molecule has 6 heteroatoms. The molecule has 0 atom stereocenters. The first kappa shape index (κ1) is 17.9. The van der Waals surface area contributed by atoms with Crippen LogP contribution in [0.5, 0.6) is 0 Å². The molecule has 3 heterocycles. The van der Waals surface area contributed by atoms with Crippen LogP contribution < -0.4 is 5.32 Å². The fourth-order valence-corrected chi connectivity index (χ4v) is 4.06. The molecule has 1 aliphatic heterocycles. The van der Waals surface area contributed by atoms with Crippen molar-refractivity contribution in [2.24, 2.45) is 5.92 Å². The Balaban J connectivity index is 1.25. The number of likely N-dealkylation sites (tertiary alicyclic amines) is 1. The normalized spacial score (nSPS) is 15.7. The van der Waals surface area contributed by atoms with Crippen molar-refractivity contribution in [3.63, 3.8) is 0 Å². The third-order valence-electron chi connectivity index (χ3n) is 5.05. The average molecular weight is 382 g/mol. The van der Waals surface area contributed by atoms with Crippen LogP contribution >= 0.6 is 11.3 Å². The van der Waals surface area contributed by atoms with E-state index in [0.717, 1.165) is 50.3 Å².